The van der Waals surface area contributed by atoms with Crippen molar-refractivity contribution in [2.24, 2.45) is 5.73 Å². The summed E-state index contributed by atoms with van der Waals surface area (Å²) >= 11 is 0. The molecule has 0 saturated carbocycles. The molecule has 5 nitrogen and oxygen atoms in total. The normalized spacial score (nSPS) is 16.2. The molecule has 0 bridgehead atoms. The van der Waals surface area contributed by atoms with Crippen molar-refractivity contribution in [2.75, 3.05) is 13.2 Å². The second-order valence-electron chi connectivity index (χ2n) is 3.62. The van der Waals surface area contributed by atoms with Crippen molar-refractivity contribution < 1.29 is 19.4 Å². The van der Waals surface area contributed by atoms with Crippen LogP contribution in [0.4, 0.5) is 0 Å². The van der Waals surface area contributed by atoms with Crippen LogP contribution in [0, 0.1) is 0 Å². The fourth-order valence-corrected chi connectivity index (χ4v) is 1.16. The van der Waals surface area contributed by atoms with Crippen molar-refractivity contribution in [1.29, 1.82) is 0 Å². The molecule has 0 radical (unpaired) electrons. The predicted octanol–water partition coefficient (Wildman–Crippen LogP) is 1.18. The number of benzene rings is 1. The van der Waals surface area contributed by atoms with Gasteiger partial charge in [0.25, 0.3) is 0 Å². The van der Waals surface area contributed by atoms with E-state index in [1.54, 1.807) is 0 Å². The molecule has 1 aromatic carbocycles. The quantitative estimate of drug-likeness (QED) is 0.606. The van der Waals surface area contributed by atoms with Gasteiger partial charge in [0, 0.05) is 18.2 Å². The van der Waals surface area contributed by atoms with Gasteiger partial charge in [0.1, 0.15) is 18.5 Å². The molecule has 5 heteroatoms. The topological polar surface area (TPSA) is 85.1 Å². The van der Waals surface area contributed by atoms with Crippen molar-refractivity contribution in [3.8, 4) is 5.75 Å². The predicted molar refractivity (Wildman–Crippen MR) is 67.4 cm³/mol. The van der Waals surface area contributed by atoms with Gasteiger partial charge in [0.15, 0.2) is 0 Å². The van der Waals surface area contributed by atoms with Crippen LogP contribution in [-0.2, 0) is 16.1 Å². The summed E-state index contributed by atoms with van der Waals surface area (Å²) in [5.41, 5.74) is 6.61. The van der Waals surface area contributed by atoms with Gasteiger partial charge in [-0.05, 0) is 6.07 Å². The average Bonchev–Trinajstić information content (AvgIpc) is 3.21. The lowest BCUT2D eigenvalue weighted by molar-refractivity contribution is -0.131. The molecule has 0 spiro atoms. The number of aliphatic carboxylic acids is 1. The molecular formula is C13H17NO4. The van der Waals surface area contributed by atoms with E-state index in [9.17, 15) is 4.79 Å². The van der Waals surface area contributed by atoms with Gasteiger partial charge in [0.05, 0.1) is 6.61 Å². The van der Waals surface area contributed by atoms with Gasteiger partial charge in [0.2, 0.25) is 0 Å². The number of hydrogen-bond acceptors (Lipinski definition) is 4. The summed E-state index contributed by atoms with van der Waals surface area (Å²) in [5.74, 6) is -0.106. The molecule has 0 aliphatic carbocycles. The van der Waals surface area contributed by atoms with E-state index in [0.29, 0.717) is 19.3 Å². The number of para-hydroxylation sites is 1. The molecule has 1 aliphatic rings. The highest BCUT2D eigenvalue weighted by Gasteiger charge is 2.23. The average molecular weight is 251 g/mol. The summed E-state index contributed by atoms with van der Waals surface area (Å²) in [4.78, 5) is 9.25. The monoisotopic (exact) mass is 251 g/mol. The summed E-state index contributed by atoms with van der Waals surface area (Å²) in [5, 5.41) is 7.60. The highest BCUT2D eigenvalue weighted by atomic mass is 16.6. The van der Waals surface area contributed by atoms with Crippen LogP contribution in [0.5, 0.6) is 5.75 Å². The molecule has 18 heavy (non-hydrogen) atoms. The highest BCUT2D eigenvalue weighted by molar-refractivity contribution is 5.78. The van der Waals surface area contributed by atoms with Crippen molar-refractivity contribution in [2.45, 2.75) is 12.6 Å². The van der Waals surface area contributed by atoms with Crippen molar-refractivity contribution in [3.05, 3.63) is 42.5 Å². The summed E-state index contributed by atoms with van der Waals surface area (Å²) in [6.07, 6.45) is 1.13. The van der Waals surface area contributed by atoms with Crippen LogP contribution in [0.2, 0.25) is 0 Å². The van der Waals surface area contributed by atoms with Crippen LogP contribution in [0.3, 0.4) is 0 Å². The molecule has 1 fully saturated rings. The molecule has 1 heterocycles. The Kier molecular flexibility index (Phi) is 5.90. The molecule has 0 aromatic heterocycles. The molecular weight excluding hydrogens is 234 g/mol. The van der Waals surface area contributed by atoms with Crippen LogP contribution in [0.15, 0.2) is 36.9 Å². The Balaban J connectivity index is 0.000000280. The van der Waals surface area contributed by atoms with E-state index in [1.807, 2.05) is 24.3 Å². The third kappa shape index (κ3) is 5.47. The molecule has 1 atom stereocenters. The van der Waals surface area contributed by atoms with Gasteiger partial charge in [-0.2, -0.15) is 0 Å². The number of carbonyl (C=O) groups is 1. The first-order chi connectivity index (χ1) is 8.67. The molecule has 1 unspecified atom stereocenters. The number of nitrogens with two attached hydrogens (primary N) is 1. The zero-order chi connectivity index (χ0) is 13.4. The second kappa shape index (κ2) is 7.47. The number of rotatable bonds is 5. The van der Waals surface area contributed by atoms with E-state index in [0.717, 1.165) is 24.0 Å². The molecule has 2 rings (SSSR count). The maximum Gasteiger partial charge on any atom is 0.327 e. The van der Waals surface area contributed by atoms with E-state index in [1.165, 1.54) is 0 Å². The van der Waals surface area contributed by atoms with Crippen LogP contribution in [0.25, 0.3) is 0 Å². The largest absolute Gasteiger partial charge is 0.490 e. The van der Waals surface area contributed by atoms with Gasteiger partial charge < -0.3 is 20.3 Å². The van der Waals surface area contributed by atoms with Gasteiger partial charge in [-0.25, -0.2) is 4.79 Å². The minimum Gasteiger partial charge on any atom is -0.490 e. The van der Waals surface area contributed by atoms with Crippen LogP contribution in [-0.4, -0.2) is 30.4 Å². The van der Waals surface area contributed by atoms with E-state index in [2.05, 4.69) is 6.58 Å². The number of carboxylic acid groups (broad SMARTS) is 1. The van der Waals surface area contributed by atoms with Crippen LogP contribution >= 0.6 is 0 Å². The Morgan fingerprint density at radius 3 is 2.72 bits per heavy atom. The van der Waals surface area contributed by atoms with Crippen LogP contribution < -0.4 is 10.5 Å². The summed E-state index contributed by atoms with van der Waals surface area (Å²) in [7, 11) is 0. The van der Waals surface area contributed by atoms with Crippen molar-refractivity contribution >= 4 is 5.97 Å². The maximum absolute atomic E-state index is 9.25. The Labute approximate surface area is 106 Å². The summed E-state index contributed by atoms with van der Waals surface area (Å²) < 4.78 is 10.6. The third-order valence-corrected chi connectivity index (χ3v) is 2.19. The minimum atomic E-state index is -0.981. The SMILES string of the molecule is C=CC(=O)O.NCc1ccccc1OCC1CO1. The Morgan fingerprint density at radius 1 is 1.61 bits per heavy atom. The molecule has 0 amide bonds. The smallest absolute Gasteiger partial charge is 0.327 e. The maximum atomic E-state index is 9.25. The number of ether oxygens (including phenoxy) is 2. The zero-order valence-corrected chi connectivity index (χ0v) is 10.0. The first-order valence-electron chi connectivity index (χ1n) is 5.55. The lowest BCUT2D eigenvalue weighted by Crippen LogP contribution is -2.07. The lowest BCUT2D eigenvalue weighted by atomic mass is 10.2. The minimum absolute atomic E-state index is 0.297. The number of hydrogen-bond donors (Lipinski definition) is 2. The first-order valence-corrected chi connectivity index (χ1v) is 5.55. The highest BCUT2D eigenvalue weighted by Crippen LogP contribution is 2.19. The summed E-state index contributed by atoms with van der Waals surface area (Å²) in [6.45, 7) is 4.94. The number of carboxylic acids is 1. The third-order valence-electron chi connectivity index (χ3n) is 2.19. The van der Waals surface area contributed by atoms with E-state index in [4.69, 9.17) is 20.3 Å². The molecule has 1 aromatic rings. The first kappa shape index (κ1) is 14.2. The molecule has 1 saturated heterocycles. The Hall–Kier alpha value is -1.85. The lowest BCUT2D eigenvalue weighted by Gasteiger charge is -2.08. The Morgan fingerprint density at radius 2 is 2.22 bits per heavy atom. The summed E-state index contributed by atoms with van der Waals surface area (Å²) in [6, 6.07) is 7.82. The van der Waals surface area contributed by atoms with Crippen molar-refractivity contribution in [1.82, 2.24) is 0 Å². The number of epoxide rings is 1. The second-order valence-corrected chi connectivity index (χ2v) is 3.62. The van der Waals surface area contributed by atoms with Gasteiger partial charge in [-0.15, -0.1) is 0 Å². The molecule has 3 N–H and O–H groups in total. The van der Waals surface area contributed by atoms with E-state index >= 15 is 0 Å². The van der Waals surface area contributed by atoms with Gasteiger partial charge >= 0.3 is 5.97 Å². The standard InChI is InChI=1S/C10H13NO2.C3H4O2/c11-5-8-3-1-2-4-10(8)13-7-9-6-12-9;1-2-3(4)5/h1-4,9H,5-7,11H2;2H,1H2,(H,4,5). The van der Waals surface area contributed by atoms with Gasteiger partial charge in [-0.1, -0.05) is 24.8 Å². The Bertz CT molecular complexity index is 402. The fourth-order valence-electron chi connectivity index (χ4n) is 1.16. The molecule has 1 aliphatic heterocycles. The van der Waals surface area contributed by atoms with Crippen LogP contribution in [0.1, 0.15) is 5.56 Å². The van der Waals surface area contributed by atoms with Crippen molar-refractivity contribution in [3.63, 3.8) is 0 Å². The van der Waals surface area contributed by atoms with Gasteiger partial charge in [-0.3, -0.25) is 0 Å². The van der Waals surface area contributed by atoms with E-state index < -0.39 is 5.97 Å². The fraction of sp³-hybridized carbons (Fsp3) is 0.308. The molecule has 98 valence electrons. The zero-order valence-electron chi connectivity index (χ0n) is 10.0. The van der Waals surface area contributed by atoms with E-state index in [-0.39, 0.29) is 0 Å².